The Bertz CT molecular complexity index is 467. The molecule has 0 saturated carbocycles. The van der Waals surface area contributed by atoms with Gasteiger partial charge in [0.15, 0.2) is 0 Å². The van der Waals surface area contributed by atoms with Crippen molar-refractivity contribution in [2.24, 2.45) is 0 Å². The van der Waals surface area contributed by atoms with E-state index >= 15 is 0 Å². The Balaban J connectivity index is 1.86. The Labute approximate surface area is 107 Å². The van der Waals surface area contributed by atoms with Gasteiger partial charge >= 0.3 is 6.01 Å². The topological polar surface area (TPSA) is 54.2 Å². The van der Waals surface area contributed by atoms with Crippen molar-refractivity contribution in [3.8, 4) is 0 Å². The molecule has 96 valence electrons. The third-order valence-corrected chi connectivity index (χ3v) is 2.49. The van der Waals surface area contributed by atoms with Crippen LogP contribution in [-0.4, -0.2) is 35.7 Å². The molecule has 5 nitrogen and oxygen atoms in total. The first-order valence-electron chi connectivity index (χ1n) is 6.03. The molecule has 0 spiro atoms. The van der Waals surface area contributed by atoms with E-state index in [1.165, 1.54) is 0 Å². The summed E-state index contributed by atoms with van der Waals surface area (Å²) in [6.07, 6.45) is 1.82. The first-order chi connectivity index (χ1) is 8.74. The third-order valence-electron chi connectivity index (χ3n) is 2.49. The minimum atomic E-state index is 0.445. The summed E-state index contributed by atoms with van der Waals surface area (Å²) in [6.45, 7) is 1.02. The molecule has 5 heteroatoms. The fourth-order valence-corrected chi connectivity index (χ4v) is 1.60. The summed E-state index contributed by atoms with van der Waals surface area (Å²) in [4.78, 5) is 2.14. The maximum atomic E-state index is 5.52. The van der Waals surface area contributed by atoms with E-state index in [1.54, 1.807) is 0 Å². The summed E-state index contributed by atoms with van der Waals surface area (Å²) in [5, 5.41) is 11.1. The van der Waals surface area contributed by atoms with Gasteiger partial charge in [-0.25, -0.2) is 0 Å². The van der Waals surface area contributed by atoms with Gasteiger partial charge in [0.2, 0.25) is 5.89 Å². The lowest BCUT2D eigenvalue weighted by Crippen LogP contribution is -2.13. The molecule has 0 amide bonds. The highest BCUT2D eigenvalue weighted by molar-refractivity contribution is 5.50. The van der Waals surface area contributed by atoms with Crippen molar-refractivity contribution in [1.29, 1.82) is 0 Å². The maximum Gasteiger partial charge on any atom is 0.320 e. The number of hydrogen-bond donors (Lipinski definition) is 1. The van der Waals surface area contributed by atoms with Crippen molar-refractivity contribution >= 4 is 11.7 Å². The Morgan fingerprint density at radius 1 is 1.17 bits per heavy atom. The van der Waals surface area contributed by atoms with Crippen molar-refractivity contribution < 1.29 is 4.42 Å². The van der Waals surface area contributed by atoms with Crippen LogP contribution in [0.25, 0.3) is 0 Å². The normalized spacial score (nSPS) is 10.8. The van der Waals surface area contributed by atoms with E-state index in [2.05, 4.69) is 34.5 Å². The number of rotatable bonds is 6. The summed E-state index contributed by atoms with van der Waals surface area (Å²) in [5.74, 6) is 0.676. The number of para-hydroxylation sites is 1. The molecule has 0 aliphatic carbocycles. The molecule has 18 heavy (non-hydrogen) atoms. The standard InChI is InChI=1S/C13H18N4O/c1-17(2)10-6-9-12-15-16-13(18-12)14-11-7-4-3-5-8-11/h3-5,7-8H,6,9-10H2,1-2H3,(H,14,16). The number of nitrogens with one attached hydrogen (secondary N) is 1. The first-order valence-corrected chi connectivity index (χ1v) is 6.03. The van der Waals surface area contributed by atoms with Crippen LogP contribution in [0.15, 0.2) is 34.7 Å². The van der Waals surface area contributed by atoms with Crippen molar-refractivity contribution in [3.05, 3.63) is 36.2 Å². The lowest BCUT2D eigenvalue weighted by molar-refractivity contribution is 0.388. The molecular formula is C13H18N4O. The maximum absolute atomic E-state index is 5.52. The summed E-state index contributed by atoms with van der Waals surface area (Å²) < 4.78 is 5.52. The highest BCUT2D eigenvalue weighted by atomic mass is 16.4. The predicted octanol–water partition coefficient (Wildman–Crippen LogP) is 2.31. The Morgan fingerprint density at radius 2 is 1.94 bits per heavy atom. The van der Waals surface area contributed by atoms with Gasteiger partial charge in [-0.1, -0.05) is 23.3 Å². The van der Waals surface area contributed by atoms with Crippen molar-refractivity contribution in [2.45, 2.75) is 12.8 Å². The molecular weight excluding hydrogens is 228 g/mol. The summed E-state index contributed by atoms with van der Waals surface area (Å²) in [7, 11) is 4.10. The van der Waals surface area contributed by atoms with Crippen LogP contribution < -0.4 is 5.32 Å². The Hall–Kier alpha value is -1.88. The molecule has 0 atom stereocenters. The smallest absolute Gasteiger partial charge is 0.320 e. The molecule has 0 bridgehead atoms. The lowest BCUT2D eigenvalue weighted by Gasteiger charge is -2.06. The molecule has 2 aromatic rings. The van der Waals surface area contributed by atoms with Crippen LogP contribution in [0.3, 0.4) is 0 Å². The average Bonchev–Trinajstić information content (AvgIpc) is 2.78. The number of anilines is 2. The summed E-state index contributed by atoms with van der Waals surface area (Å²) >= 11 is 0. The van der Waals surface area contributed by atoms with Gasteiger partial charge < -0.3 is 14.6 Å². The predicted molar refractivity (Wildman–Crippen MR) is 70.9 cm³/mol. The van der Waals surface area contributed by atoms with Crippen LogP contribution >= 0.6 is 0 Å². The molecule has 0 radical (unpaired) electrons. The second-order valence-electron chi connectivity index (χ2n) is 4.40. The van der Waals surface area contributed by atoms with E-state index in [-0.39, 0.29) is 0 Å². The molecule has 1 N–H and O–H groups in total. The number of benzene rings is 1. The first kappa shape index (κ1) is 12.6. The van der Waals surface area contributed by atoms with Crippen molar-refractivity contribution in [3.63, 3.8) is 0 Å². The summed E-state index contributed by atoms with van der Waals surface area (Å²) in [5.41, 5.74) is 0.945. The van der Waals surface area contributed by atoms with Crippen LogP contribution in [-0.2, 0) is 6.42 Å². The Morgan fingerprint density at radius 3 is 2.67 bits per heavy atom. The largest absolute Gasteiger partial charge is 0.408 e. The zero-order chi connectivity index (χ0) is 12.8. The van der Waals surface area contributed by atoms with Gasteiger partial charge in [-0.15, -0.1) is 5.10 Å². The fourth-order valence-electron chi connectivity index (χ4n) is 1.60. The zero-order valence-corrected chi connectivity index (χ0v) is 10.8. The van der Waals surface area contributed by atoms with Gasteiger partial charge in [0.1, 0.15) is 0 Å². The van der Waals surface area contributed by atoms with E-state index in [4.69, 9.17) is 4.42 Å². The van der Waals surface area contributed by atoms with Crippen LogP contribution in [0.1, 0.15) is 12.3 Å². The second-order valence-corrected chi connectivity index (χ2v) is 4.40. The SMILES string of the molecule is CN(C)CCCc1nnc(Nc2ccccc2)o1. The monoisotopic (exact) mass is 246 g/mol. The number of hydrogen-bond acceptors (Lipinski definition) is 5. The van der Waals surface area contributed by atoms with Crippen LogP contribution in [0, 0.1) is 0 Å². The van der Waals surface area contributed by atoms with E-state index in [0.29, 0.717) is 11.9 Å². The average molecular weight is 246 g/mol. The molecule has 0 aliphatic rings. The third kappa shape index (κ3) is 3.85. The lowest BCUT2D eigenvalue weighted by atomic mass is 10.3. The van der Waals surface area contributed by atoms with Crippen LogP contribution in [0.5, 0.6) is 0 Å². The van der Waals surface area contributed by atoms with Gasteiger partial charge in [-0.05, 0) is 39.2 Å². The van der Waals surface area contributed by atoms with E-state index in [1.807, 2.05) is 30.3 Å². The highest BCUT2D eigenvalue weighted by Crippen LogP contribution is 2.14. The van der Waals surface area contributed by atoms with Gasteiger partial charge in [0.05, 0.1) is 0 Å². The fraction of sp³-hybridized carbons (Fsp3) is 0.385. The Kier molecular flexibility index (Phi) is 4.30. The molecule has 1 heterocycles. The van der Waals surface area contributed by atoms with Gasteiger partial charge in [0, 0.05) is 12.1 Å². The molecule has 0 saturated heterocycles. The van der Waals surface area contributed by atoms with Gasteiger partial charge in [0.25, 0.3) is 0 Å². The minimum Gasteiger partial charge on any atom is -0.408 e. The number of aryl methyl sites for hydroxylation is 1. The molecule has 0 aliphatic heterocycles. The van der Waals surface area contributed by atoms with Crippen LogP contribution in [0.4, 0.5) is 11.7 Å². The quantitative estimate of drug-likeness (QED) is 0.847. The summed E-state index contributed by atoms with van der Waals surface area (Å²) in [6, 6.07) is 10.2. The minimum absolute atomic E-state index is 0.445. The van der Waals surface area contributed by atoms with Crippen molar-refractivity contribution in [1.82, 2.24) is 15.1 Å². The molecule has 1 aromatic heterocycles. The zero-order valence-electron chi connectivity index (χ0n) is 10.8. The highest BCUT2D eigenvalue weighted by Gasteiger charge is 2.05. The molecule has 2 rings (SSSR count). The van der Waals surface area contributed by atoms with E-state index < -0.39 is 0 Å². The second kappa shape index (κ2) is 6.16. The van der Waals surface area contributed by atoms with E-state index in [9.17, 15) is 0 Å². The molecule has 1 aromatic carbocycles. The molecule has 0 unspecified atom stereocenters. The number of nitrogens with zero attached hydrogens (tertiary/aromatic N) is 3. The van der Waals surface area contributed by atoms with Crippen molar-refractivity contribution in [2.75, 3.05) is 26.0 Å². The van der Waals surface area contributed by atoms with E-state index in [0.717, 1.165) is 25.1 Å². The van der Waals surface area contributed by atoms with Crippen LogP contribution in [0.2, 0.25) is 0 Å². The van der Waals surface area contributed by atoms with Gasteiger partial charge in [-0.2, -0.15) is 0 Å². The van der Waals surface area contributed by atoms with Gasteiger partial charge in [-0.3, -0.25) is 0 Å². The molecule has 0 fully saturated rings. The number of aromatic nitrogens is 2.